The molecule has 1 aliphatic carbocycles. The summed E-state index contributed by atoms with van der Waals surface area (Å²) in [6.07, 6.45) is 6.47. The van der Waals surface area contributed by atoms with E-state index in [4.69, 9.17) is 10.2 Å². The number of anilines is 1. The number of hydrogen-bond donors (Lipinski definition) is 4. The van der Waals surface area contributed by atoms with Crippen LogP contribution in [0.15, 0.2) is 95.7 Å². The summed E-state index contributed by atoms with van der Waals surface area (Å²) in [7, 11) is 9.68. The lowest BCUT2D eigenvalue weighted by Gasteiger charge is -2.19. The summed E-state index contributed by atoms with van der Waals surface area (Å²) < 4.78 is 8.32. The van der Waals surface area contributed by atoms with Gasteiger partial charge in [-0.2, -0.15) is 0 Å². The minimum Gasteiger partial charge on any atom is -0.478 e. The van der Waals surface area contributed by atoms with Gasteiger partial charge in [0.25, 0.3) is 5.91 Å². The van der Waals surface area contributed by atoms with E-state index in [0.29, 0.717) is 41.0 Å². The molecule has 0 radical (unpaired) electrons. The molecule has 61 heavy (non-hydrogen) atoms. The van der Waals surface area contributed by atoms with Gasteiger partial charge in [-0.1, -0.05) is 33.1 Å². The van der Waals surface area contributed by atoms with E-state index in [2.05, 4.69) is 23.8 Å². The molecular weight excluding hydrogens is 775 g/mol. The molecule has 0 spiro atoms. The highest BCUT2D eigenvalue weighted by atomic mass is 16.4. The van der Waals surface area contributed by atoms with Gasteiger partial charge in [-0.25, -0.2) is 9.37 Å². The zero-order valence-electron chi connectivity index (χ0n) is 36.5. The fourth-order valence-corrected chi connectivity index (χ4v) is 6.72. The summed E-state index contributed by atoms with van der Waals surface area (Å²) in [6.45, 7) is 13.3. The van der Waals surface area contributed by atoms with Crippen LogP contribution in [-0.4, -0.2) is 106 Å². The van der Waals surface area contributed by atoms with Gasteiger partial charge >= 0.3 is 5.97 Å². The van der Waals surface area contributed by atoms with Crippen LogP contribution in [0.1, 0.15) is 66.7 Å². The highest BCUT2D eigenvalue weighted by Crippen LogP contribution is 2.42. The number of rotatable bonds is 17. The zero-order valence-corrected chi connectivity index (χ0v) is 36.5. The Bertz CT molecular complexity index is 2370. The Morgan fingerprint density at radius 2 is 1.69 bits per heavy atom. The maximum atomic E-state index is 13.0. The number of nitrogens with one attached hydrogen (secondary N) is 2. The van der Waals surface area contributed by atoms with E-state index in [1.165, 1.54) is 11.0 Å². The quantitative estimate of drug-likeness (QED) is 0.0359. The second kappa shape index (κ2) is 21.5. The molecule has 0 bridgehead atoms. The molecule has 324 valence electrons. The van der Waals surface area contributed by atoms with E-state index in [-0.39, 0.29) is 54.3 Å². The van der Waals surface area contributed by atoms with Crippen molar-refractivity contribution in [3.8, 4) is 22.5 Å². The van der Waals surface area contributed by atoms with Crippen molar-refractivity contribution in [2.24, 2.45) is 11.7 Å². The Kier molecular flexibility index (Phi) is 16.6. The maximum absolute atomic E-state index is 13.0. The maximum Gasteiger partial charge on any atom is 0.336 e. The van der Waals surface area contributed by atoms with Crippen molar-refractivity contribution < 1.29 is 33.5 Å². The van der Waals surface area contributed by atoms with E-state index >= 15 is 0 Å². The number of allylic oxidation sites excluding steroid dienone is 2. The van der Waals surface area contributed by atoms with E-state index in [0.717, 1.165) is 53.6 Å². The number of nitrogens with two attached hydrogens (primary N) is 1. The Morgan fingerprint density at radius 3 is 2.31 bits per heavy atom. The monoisotopic (exact) mass is 834 g/mol. The van der Waals surface area contributed by atoms with Crippen LogP contribution in [0.5, 0.6) is 0 Å². The van der Waals surface area contributed by atoms with E-state index in [1.54, 1.807) is 25.1 Å². The molecule has 5 N–H and O–H groups in total. The average molecular weight is 835 g/mol. The van der Waals surface area contributed by atoms with Crippen molar-refractivity contribution in [1.82, 2.24) is 25.0 Å². The first-order valence-corrected chi connectivity index (χ1v) is 20.4. The summed E-state index contributed by atoms with van der Waals surface area (Å²) in [5.74, 6) is -1.59. The van der Waals surface area contributed by atoms with Crippen molar-refractivity contribution in [2.75, 3.05) is 66.3 Å². The zero-order chi connectivity index (χ0) is 45.0. The van der Waals surface area contributed by atoms with Crippen molar-refractivity contribution in [3.63, 3.8) is 0 Å². The number of likely N-dealkylation sites (tertiary alicyclic amines) is 1. The summed E-state index contributed by atoms with van der Waals surface area (Å²) in [5.41, 5.74) is 10.4. The van der Waals surface area contributed by atoms with Crippen LogP contribution in [0.25, 0.3) is 33.4 Å². The third-order valence-corrected chi connectivity index (χ3v) is 10.3. The van der Waals surface area contributed by atoms with Crippen LogP contribution in [-0.2, 0) is 14.4 Å². The van der Waals surface area contributed by atoms with E-state index in [1.807, 2.05) is 99.0 Å². The fourth-order valence-electron chi connectivity index (χ4n) is 6.72. The number of fused-ring (bicyclic) bond motifs is 2. The minimum absolute atomic E-state index is 0.0166. The molecule has 1 saturated heterocycles. The van der Waals surface area contributed by atoms with Gasteiger partial charge in [0.2, 0.25) is 23.1 Å². The normalized spacial score (nSPS) is 13.6. The van der Waals surface area contributed by atoms with Gasteiger partial charge in [-0.15, -0.1) is 0 Å². The van der Waals surface area contributed by atoms with Gasteiger partial charge in [0.1, 0.15) is 25.4 Å². The lowest BCUT2D eigenvalue weighted by molar-refractivity contribution is -0.139. The molecule has 2 aromatic carbocycles. The molecule has 14 nitrogen and oxygen atoms in total. The summed E-state index contributed by atoms with van der Waals surface area (Å²) in [5, 5.41) is 17.6. The van der Waals surface area contributed by atoms with Gasteiger partial charge < -0.3 is 35.7 Å². The molecule has 1 fully saturated rings. The largest absolute Gasteiger partial charge is 0.478 e. The van der Waals surface area contributed by atoms with Crippen molar-refractivity contribution in [3.05, 3.63) is 108 Å². The third-order valence-electron chi connectivity index (χ3n) is 10.3. The lowest BCUT2D eigenvalue weighted by Crippen LogP contribution is -2.34. The number of carbonyl (C=O) groups is 5. The highest BCUT2D eigenvalue weighted by molar-refractivity contribution is 6.09. The first-order valence-electron chi connectivity index (χ1n) is 20.4. The van der Waals surface area contributed by atoms with Gasteiger partial charge in [-0.05, 0) is 67.3 Å². The molecule has 2 aliphatic heterocycles. The molecule has 4 amide bonds. The second-order valence-corrected chi connectivity index (χ2v) is 15.6. The first-order chi connectivity index (χ1) is 28.9. The van der Waals surface area contributed by atoms with Gasteiger partial charge in [0.05, 0.1) is 11.6 Å². The molecule has 5 rings (SSSR count). The van der Waals surface area contributed by atoms with E-state index in [9.17, 15) is 29.1 Å². The van der Waals surface area contributed by atoms with Gasteiger partial charge in [-0.3, -0.25) is 24.1 Å². The average Bonchev–Trinajstić information content (AvgIpc) is 3.47. The van der Waals surface area contributed by atoms with Crippen LogP contribution in [0, 0.1) is 5.92 Å². The third kappa shape index (κ3) is 12.4. The number of carboxylic acid groups (broad SMARTS) is 1. The summed E-state index contributed by atoms with van der Waals surface area (Å²) in [4.78, 5) is 66.3. The number of nitrogens with zero attached hydrogens (tertiary/aromatic N) is 4. The number of amides is 4. The molecule has 0 aromatic heterocycles. The van der Waals surface area contributed by atoms with Crippen LogP contribution in [0.3, 0.4) is 0 Å². The Balaban J connectivity index is 0.000000385. The molecule has 3 aliphatic rings. The van der Waals surface area contributed by atoms with Crippen LogP contribution >= 0.6 is 0 Å². The molecule has 0 saturated carbocycles. The predicted molar refractivity (Wildman–Crippen MR) is 241 cm³/mol. The number of hydrogen-bond acceptors (Lipinski definition) is 9. The number of aromatic carboxylic acids is 1. The summed E-state index contributed by atoms with van der Waals surface area (Å²) in [6, 6.07) is 16.2. The highest BCUT2D eigenvalue weighted by Gasteiger charge is 2.35. The Morgan fingerprint density at radius 1 is 0.967 bits per heavy atom. The fraction of sp³-hybridized carbons (Fsp3) is 0.362. The van der Waals surface area contributed by atoms with Crippen LogP contribution < -0.4 is 31.2 Å². The Labute approximate surface area is 358 Å². The summed E-state index contributed by atoms with van der Waals surface area (Å²) >= 11 is 0. The molecule has 2 aromatic rings. The molecule has 1 unspecified atom stereocenters. The number of likely N-dealkylation sites (N-methyl/N-ethyl adjacent to an activating group) is 1. The van der Waals surface area contributed by atoms with E-state index < -0.39 is 11.9 Å². The number of carboxylic acids is 1. The van der Waals surface area contributed by atoms with Crippen molar-refractivity contribution in [1.29, 1.82) is 0 Å². The smallest absolute Gasteiger partial charge is 0.336 e. The van der Waals surface area contributed by atoms with Crippen LogP contribution in [0.4, 0.5) is 5.69 Å². The van der Waals surface area contributed by atoms with Gasteiger partial charge in [0, 0.05) is 117 Å². The number of benzene rings is 3. The molecule has 1 atom stereocenters. The van der Waals surface area contributed by atoms with Crippen molar-refractivity contribution in [2.45, 2.75) is 46.0 Å². The second-order valence-electron chi connectivity index (χ2n) is 15.6. The SMILES string of the molecule is C=C(N)/C=C\C(=C)N(C)CCCC(=O)NCCC.CC1CC(=O)N(CCCNC(=O)c2ccc(-c3c4ccc(=[N+](C)C)cc-4oc4cc(N(C)C)ccc34)c(C(=O)O)c2)C1=O. The van der Waals surface area contributed by atoms with Crippen LogP contribution in [0.2, 0.25) is 0 Å². The molecule has 14 heteroatoms. The van der Waals surface area contributed by atoms with Gasteiger partial charge in [0.15, 0.2) is 0 Å². The standard InChI is InChI=1S/C33H34N4O6.C14H25N3O/c1-19-15-29(38)37(32(19)40)14-6-13-34-31(39)20-7-10-23(26(16-20)33(41)42)30-24-11-8-21(35(2)3)17-27(24)43-28-18-22(36(4)5)9-12-25(28)30;1-5-10-16-14(18)7-6-11-17(4)13(3)9-8-12(2)15/h7-12,16-19H,6,13-15H2,1-5H3,(H-,34,39,41,42);8-9H,2-3,5-7,10-11,15H2,1,4H3,(H,16,18)/p+1/b;9-8-. The number of imide groups is 1. The predicted octanol–water partition coefficient (Wildman–Crippen LogP) is 5.28. The van der Waals surface area contributed by atoms with Crippen molar-refractivity contribution >= 4 is 46.3 Å². The lowest BCUT2D eigenvalue weighted by atomic mass is 9.89. The molecular formula is C47H60N7O7+. The Hall–Kier alpha value is -6.70. The molecule has 2 heterocycles. The first kappa shape index (κ1) is 47.0. The topological polar surface area (TPSA) is 182 Å². The number of carbonyl (C=O) groups excluding carboxylic acids is 4. The minimum atomic E-state index is -1.17.